The molecule has 0 aliphatic heterocycles. The van der Waals surface area contributed by atoms with Gasteiger partial charge in [-0.05, 0) is 12.8 Å². The Balaban J connectivity index is 3.06. The van der Waals surface area contributed by atoms with Gasteiger partial charge in [0.25, 0.3) is 0 Å². The van der Waals surface area contributed by atoms with Crippen LogP contribution in [0, 0.1) is 10.8 Å². The fourth-order valence-electron chi connectivity index (χ4n) is 4.84. The van der Waals surface area contributed by atoms with Crippen LogP contribution in [-0.4, -0.2) is 36.2 Å². The summed E-state index contributed by atoms with van der Waals surface area (Å²) in [6.07, 6.45) is 1.67. The Hall–Kier alpha value is 0.420. The van der Waals surface area contributed by atoms with Gasteiger partial charge in [-0.15, -0.1) is 23.2 Å². The Morgan fingerprint density at radius 2 is 1.07 bits per heavy atom. The minimum atomic E-state index is -2.25. The van der Waals surface area contributed by atoms with Crippen molar-refractivity contribution in [2.45, 2.75) is 66.5 Å². The van der Waals surface area contributed by atoms with E-state index >= 15 is 0 Å². The van der Waals surface area contributed by atoms with Gasteiger partial charge < -0.3 is 10.2 Å². The average Bonchev–Trinajstić information content (AvgIpc) is 2.76. The number of rotatable bonds is 8. The number of aliphatic carboxylic acids is 2. The van der Waals surface area contributed by atoms with E-state index in [-0.39, 0.29) is 22.9 Å². The smallest absolute Gasteiger partial charge is 0.313 e. The molecule has 0 heterocycles. The van der Waals surface area contributed by atoms with E-state index in [0.717, 1.165) is 0 Å². The van der Waals surface area contributed by atoms with E-state index in [1.807, 2.05) is 13.8 Å². The predicted octanol–water partition coefficient (Wildman–Crippen LogP) is 6.35. The average molecular weight is 501 g/mol. The lowest BCUT2D eigenvalue weighted by molar-refractivity contribution is -0.176. The molecule has 0 aromatic heterocycles. The Morgan fingerprint density at radius 1 is 0.778 bits per heavy atom. The van der Waals surface area contributed by atoms with Crippen LogP contribution >= 0.6 is 69.6 Å². The van der Waals surface area contributed by atoms with Crippen LogP contribution in [0.2, 0.25) is 0 Å². The van der Waals surface area contributed by atoms with Gasteiger partial charge in [-0.1, -0.05) is 85.9 Å². The fraction of sp³-hybridized carbons (Fsp3) is 0.765. The molecule has 0 amide bonds. The Bertz CT molecular complexity index is 654. The third kappa shape index (κ3) is 2.26. The molecule has 0 radical (unpaired) electrons. The van der Waals surface area contributed by atoms with Crippen molar-refractivity contribution < 1.29 is 19.8 Å². The third-order valence-electron chi connectivity index (χ3n) is 6.11. The topological polar surface area (TPSA) is 74.6 Å². The second-order valence-electron chi connectivity index (χ2n) is 7.15. The lowest BCUT2D eigenvalue weighted by atomic mass is 9.53. The van der Waals surface area contributed by atoms with Crippen molar-refractivity contribution in [3.05, 3.63) is 10.1 Å². The van der Waals surface area contributed by atoms with Gasteiger partial charge in [0, 0.05) is 0 Å². The molecular weight excluding hydrogens is 481 g/mol. The standard InChI is InChI=1S/C17H20Cl6O4/c1-3-5-7-13(11(24)25)14(12(26)27,8-6-4-2)16(21)10(19)9(18)15(13,20)17(16,22)23/h3-8H2,1-2H3,(H,24,25)(H,26,27)/t13?,14?,15-,16+. The molecule has 0 aromatic rings. The summed E-state index contributed by atoms with van der Waals surface area (Å²) in [6.45, 7) is 3.68. The molecule has 1 fully saturated rings. The summed E-state index contributed by atoms with van der Waals surface area (Å²) in [5, 5.41) is 20.1. The molecule has 0 saturated heterocycles. The van der Waals surface area contributed by atoms with Crippen LogP contribution in [0.5, 0.6) is 0 Å². The summed E-state index contributed by atoms with van der Waals surface area (Å²) in [7, 11) is 0. The molecular formula is C17H20Cl6O4. The van der Waals surface area contributed by atoms with Crippen molar-refractivity contribution >= 4 is 81.5 Å². The molecule has 2 aliphatic rings. The van der Waals surface area contributed by atoms with E-state index in [9.17, 15) is 19.8 Å². The first-order valence-electron chi connectivity index (χ1n) is 8.61. The molecule has 4 atom stereocenters. The normalized spacial score (nSPS) is 39.9. The highest BCUT2D eigenvalue weighted by Gasteiger charge is 2.96. The highest BCUT2D eigenvalue weighted by Crippen LogP contribution is 2.86. The molecule has 2 rings (SSSR count). The van der Waals surface area contributed by atoms with Gasteiger partial charge in [0.15, 0.2) is 4.33 Å². The first kappa shape index (κ1) is 23.7. The summed E-state index contributed by atoms with van der Waals surface area (Å²) in [5.74, 6) is -2.92. The SMILES string of the molecule is CCCCC1(C(=O)O)C(CCCC)(C(=O)O)[C@@]2(Cl)C(Cl)=C(Cl)[C@]1(Cl)C2(Cl)Cl. The highest BCUT2D eigenvalue weighted by atomic mass is 35.5. The largest absolute Gasteiger partial charge is 0.481 e. The summed E-state index contributed by atoms with van der Waals surface area (Å²) < 4.78 is -2.25. The second-order valence-corrected chi connectivity index (χ2v) is 10.4. The lowest BCUT2D eigenvalue weighted by Gasteiger charge is -2.51. The summed E-state index contributed by atoms with van der Waals surface area (Å²) in [5.41, 5.74) is -4.31. The number of carbonyl (C=O) groups is 2. The minimum Gasteiger partial charge on any atom is -0.481 e. The minimum absolute atomic E-state index is 0.117. The molecule has 27 heavy (non-hydrogen) atoms. The van der Waals surface area contributed by atoms with Crippen LogP contribution in [0.4, 0.5) is 0 Å². The summed E-state index contributed by atoms with van der Waals surface area (Å²) in [6, 6.07) is 0. The molecule has 2 unspecified atom stereocenters. The van der Waals surface area contributed by atoms with Gasteiger partial charge >= 0.3 is 11.9 Å². The number of carboxylic acids is 2. The number of unbranched alkanes of at least 4 members (excludes halogenated alkanes) is 2. The number of carboxylic acid groups (broad SMARTS) is 2. The van der Waals surface area contributed by atoms with E-state index in [4.69, 9.17) is 69.6 Å². The Kier molecular flexibility index (Phi) is 6.39. The van der Waals surface area contributed by atoms with Crippen molar-refractivity contribution in [1.82, 2.24) is 0 Å². The third-order valence-corrected chi connectivity index (χ3v) is 10.5. The van der Waals surface area contributed by atoms with Crippen molar-refractivity contribution in [1.29, 1.82) is 0 Å². The molecule has 4 nitrogen and oxygen atoms in total. The molecule has 0 spiro atoms. The van der Waals surface area contributed by atoms with Crippen molar-refractivity contribution in [2.75, 3.05) is 0 Å². The van der Waals surface area contributed by atoms with Gasteiger partial charge in [0.1, 0.15) is 20.6 Å². The van der Waals surface area contributed by atoms with Gasteiger partial charge in [-0.2, -0.15) is 0 Å². The van der Waals surface area contributed by atoms with Crippen LogP contribution in [-0.2, 0) is 9.59 Å². The molecule has 154 valence electrons. The van der Waals surface area contributed by atoms with Crippen LogP contribution in [0.3, 0.4) is 0 Å². The van der Waals surface area contributed by atoms with Crippen molar-refractivity contribution in [3.63, 3.8) is 0 Å². The quantitative estimate of drug-likeness (QED) is 0.380. The zero-order valence-corrected chi connectivity index (χ0v) is 19.3. The Morgan fingerprint density at radius 3 is 1.30 bits per heavy atom. The maximum Gasteiger partial charge on any atom is 0.313 e. The number of hydrogen-bond acceptors (Lipinski definition) is 2. The van der Waals surface area contributed by atoms with Crippen LogP contribution in [0.1, 0.15) is 52.4 Å². The van der Waals surface area contributed by atoms with E-state index in [2.05, 4.69) is 0 Å². The van der Waals surface area contributed by atoms with Gasteiger partial charge in [-0.25, -0.2) is 0 Å². The molecule has 0 aromatic carbocycles. The first-order valence-corrected chi connectivity index (χ1v) is 10.9. The molecule has 2 N–H and O–H groups in total. The number of fused-ring (bicyclic) bond motifs is 2. The van der Waals surface area contributed by atoms with E-state index in [1.165, 1.54) is 0 Å². The maximum absolute atomic E-state index is 12.7. The summed E-state index contributed by atoms with van der Waals surface area (Å²) in [4.78, 5) is 21.1. The van der Waals surface area contributed by atoms with Crippen LogP contribution < -0.4 is 0 Å². The predicted molar refractivity (Wildman–Crippen MR) is 110 cm³/mol. The molecule has 1 saturated carbocycles. The zero-order chi connectivity index (χ0) is 21.1. The molecule has 10 heteroatoms. The monoisotopic (exact) mass is 498 g/mol. The van der Waals surface area contributed by atoms with Gasteiger partial charge in [-0.3, -0.25) is 9.59 Å². The van der Waals surface area contributed by atoms with Crippen molar-refractivity contribution in [3.8, 4) is 0 Å². The van der Waals surface area contributed by atoms with E-state index in [0.29, 0.717) is 25.7 Å². The van der Waals surface area contributed by atoms with Crippen molar-refractivity contribution in [2.24, 2.45) is 10.8 Å². The van der Waals surface area contributed by atoms with Crippen LogP contribution in [0.15, 0.2) is 10.1 Å². The Labute approximate surface area is 188 Å². The highest BCUT2D eigenvalue weighted by molar-refractivity contribution is 6.67. The summed E-state index contributed by atoms with van der Waals surface area (Å²) >= 11 is 39.5. The van der Waals surface area contributed by atoms with E-state index in [1.54, 1.807) is 0 Å². The maximum atomic E-state index is 12.7. The number of alkyl halides is 4. The second kappa shape index (κ2) is 7.28. The van der Waals surface area contributed by atoms with Gasteiger partial charge in [0.2, 0.25) is 0 Å². The zero-order valence-electron chi connectivity index (χ0n) is 14.7. The number of hydrogen-bond donors (Lipinski definition) is 2. The number of allylic oxidation sites excluding steroid dienone is 2. The molecule has 2 bridgehead atoms. The first-order chi connectivity index (χ1) is 12.3. The lowest BCUT2D eigenvalue weighted by Crippen LogP contribution is -2.64. The number of halogens is 6. The van der Waals surface area contributed by atoms with Gasteiger partial charge in [0.05, 0.1) is 10.1 Å². The molecule has 2 aliphatic carbocycles. The van der Waals surface area contributed by atoms with E-state index < -0.39 is 36.9 Å². The van der Waals surface area contributed by atoms with Crippen LogP contribution in [0.25, 0.3) is 0 Å². The fourth-order valence-corrected chi connectivity index (χ4v) is 8.24.